The van der Waals surface area contributed by atoms with E-state index in [0.717, 1.165) is 15.6 Å². The summed E-state index contributed by atoms with van der Waals surface area (Å²) in [5.74, 6) is -0.235. The van der Waals surface area contributed by atoms with Crippen LogP contribution in [0.3, 0.4) is 0 Å². The van der Waals surface area contributed by atoms with E-state index in [-0.39, 0.29) is 5.82 Å². The van der Waals surface area contributed by atoms with E-state index in [1.807, 2.05) is 18.4 Å². The lowest BCUT2D eigenvalue weighted by Crippen LogP contribution is -1.99. The maximum absolute atomic E-state index is 13.6. The van der Waals surface area contributed by atoms with Crippen molar-refractivity contribution in [2.75, 3.05) is 0 Å². The smallest absolute Gasteiger partial charge is 0.155 e. The molecule has 2 rings (SSSR count). The van der Waals surface area contributed by atoms with Gasteiger partial charge in [0.1, 0.15) is 5.82 Å². The summed E-state index contributed by atoms with van der Waals surface area (Å²) < 4.78 is 14.5. The van der Waals surface area contributed by atoms with Gasteiger partial charge < -0.3 is 5.73 Å². The van der Waals surface area contributed by atoms with Gasteiger partial charge >= 0.3 is 0 Å². The van der Waals surface area contributed by atoms with Gasteiger partial charge in [-0.2, -0.15) is 0 Å². The first-order valence-electron chi connectivity index (χ1n) is 4.78. The molecule has 0 amide bonds. The van der Waals surface area contributed by atoms with Crippen molar-refractivity contribution < 1.29 is 4.39 Å². The van der Waals surface area contributed by atoms with Gasteiger partial charge in [0.15, 0.2) is 4.34 Å². The van der Waals surface area contributed by atoms with E-state index in [1.165, 1.54) is 29.2 Å². The van der Waals surface area contributed by atoms with Gasteiger partial charge in [0.05, 0.1) is 4.90 Å². The minimum absolute atomic E-state index is 0.235. The molecule has 2 N–H and O–H groups in total. The van der Waals surface area contributed by atoms with Crippen LogP contribution in [0, 0.1) is 12.7 Å². The molecule has 0 atom stereocenters. The zero-order chi connectivity index (χ0) is 11.5. The number of halogens is 1. The summed E-state index contributed by atoms with van der Waals surface area (Å²) in [4.78, 5) is 4.88. The predicted molar refractivity (Wildman–Crippen MR) is 65.3 cm³/mol. The molecule has 5 heteroatoms. The van der Waals surface area contributed by atoms with Gasteiger partial charge in [-0.3, -0.25) is 0 Å². The molecule has 2 nitrogen and oxygen atoms in total. The van der Waals surface area contributed by atoms with Crippen LogP contribution in [-0.2, 0) is 6.54 Å². The van der Waals surface area contributed by atoms with Gasteiger partial charge in [0.2, 0.25) is 0 Å². The number of nitrogens with two attached hydrogens (primary N) is 1. The fraction of sp³-hybridized carbons (Fsp3) is 0.182. The van der Waals surface area contributed by atoms with Gasteiger partial charge in [-0.05, 0) is 18.6 Å². The average Bonchev–Trinajstić information content (AvgIpc) is 2.67. The first-order chi connectivity index (χ1) is 7.70. The van der Waals surface area contributed by atoms with E-state index in [0.29, 0.717) is 11.4 Å². The highest BCUT2D eigenvalue weighted by Gasteiger charge is 2.10. The zero-order valence-electron chi connectivity index (χ0n) is 8.74. The summed E-state index contributed by atoms with van der Waals surface area (Å²) in [5, 5.41) is 1.95. The van der Waals surface area contributed by atoms with Crippen LogP contribution in [-0.4, -0.2) is 4.98 Å². The highest BCUT2D eigenvalue weighted by Crippen LogP contribution is 2.34. The fourth-order valence-electron chi connectivity index (χ4n) is 1.30. The Morgan fingerprint density at radius 3 is 2.94 bits per heavy atom. The Bertz CT molecular complexity index is 496. The molecule has 0 aliphatic rings. The second-order valence-electron chi connectivity index (χ2n) is 3.29. The van der Waals surface area contributed by atoms with Crippen LogP contribution in [0.25, 0.3) is 0 Å². The molecule has 0 radical (unpaired) electrons. The Hall–Kier alpha value is -0.910. The second-order valence-corrected chi connectivity index (χ2v) is 5.40. The molecular weight excluding hydrogens is 243 g/mol. The van der Waals surface area contributed by atoms with Crippen molar-refractivity contribution in [1.29, 1.82) is 0 Å². The maximum Gasteiger partial charge on any atom is 0.155 e. The van der Waals surface area contributed by atoms with Gasteiger partial charge in [-0.15, -0.1) is 11.3 Å². The Morgan fingerprint density at radius 2 is 2.31 bits per heavy atom. The number of benzene rings is 1. The Balaban J connectivity index is 2.33. The highest BCUT2D eigenvalue weighted by atomic mass is 32.2. The third kappa shape index (κ3) is 2.42. The molecule has 0 saturated carbocycles. The number of thiazole rings is 1. The van der Waals surface area contributed by atoms with E-state index >= 15 is 0 Å². The molecule has 84 valence electrons. The zero-order valence-corrected chi connectivity index (χ0v) is 10.4. The van der Waals surface area contributed by atoms with E-state index in [9.17, 15) is 4.39 Å². The summed E-state index contributed by atoms with van der Waals surface area (Å²) >= 11 is 2.86. The Morgan fingerprint density at radius 1 is 1.50 bits per heavy atom. The molecule has 0 bridgehead atoms. The molecule has 0 unspecified atom stereocenters. The van der Waals surface area contributed by atoms with Crippen LogP contribution < -0.4 is 5.73 Å². The first kappa shape index (κ1) is 11.6. The van der Waals surface area contributed by atoms with Crippen LogP contribution in [0.2, 0.25) is 0 Å². The fourth-order valence-corrected chi connectivity index (χ4v) is 3.21. The number of nitrogens with zero attached hydrogens (tertiary/aromatic N) is 1. The molecule has 16 heavy (non-hydrogen) atoms. The third-order valence-corrected chi connectivity index (χ3v) is 4.27. The van der Waals surface area contributed by atoms with Gasteiger partial charge in [-0.25, -0.2) is 9.37 Å². The van der Waals surface area contributed by atoms with Crippen molar-refractivity contribution in [3.8, 4) is 0 Å². The summed E-state index contributed by atoms with van der Waals surface area (Å²) in [6, 6.07) is 4.96. The molecule has 1 aromatic carbocycles. The maximum atomic E-state index is 13.6. The van der Waals surface area contributed by atoms with Crippen molar-refractivity contribution in [2.45, 2.75) is 22.7 Å². The Kier molecular flexibility index (Phi) is 3.58. The van der Waals surface area contributed by atoms with Gasteiger partial charge in [0, 0.05) is 17.6 Å². The predicted octanol–water partition coefficient (Wildman–Crippen LogP) is 3.20. The number of aryl methyl sites for hydroxylation is 1. The molecule has 0 fully saturated rings. The second kappa shape index (κ2) is 4.95. The molecule has 0 spiro atoms. The first-order valence-corrected chi connectivity index (χ1v) is 6.47. The molecule has 2 aromatic rings. The molecular formula is C11H11FN2S2. The quantitative estimate of drug-likeness (QED) is 0.914. The summed E-state index contributed by atoms with van der Waals surface area (Å²) in [6.45, 7) is 2.26. The molecule has 0 aliphatic heterocycles. The van der Waals surface area contributed by atoms with E-state index in [1.54, 1.807) is 6.07 Å². The van der Waals surface area contributed by atoms with Crippen molar-refractivity contribution in [1.82, 2.24) is 4.98 Å². The summed E-state index contributed by atoms with van der Waals surface area (Å²) in [7, 11) is 0. The van der Waals surface area contributed by atoms with E-state index in [4.69, 9.17) is 5.73 Å². The van der Waals surface area contributed by atoms with Gasteiger partial charge in [0.25, 0.3) is 0 Å². The standard InChI is InChI=1S/C11H11FN2S2/c1-7-6-15-11(14-7)16-10-8(5-13)3-2-4-9(10)12/h2-4,6H,5,13H2,1H3. The molecule has 0 saturated heterocycles. The van der Waals surface area contributed by atoms with Crippen LogP contribution in [0.4, 0.5) is 4.39 Å². The van der Waals surface area contributed by atoms with Crippen molar-refractivity contribution in [2.24, 2.45) is 5.73 Å². The lowest BCUT2D eigenvalue weighted by molar-refractivity contribution is 0.597. The van der Waals surface area contributed by atoms with E-state index in [2.05, 4.69) is 4.98 Å². The van der Waals surface area contributed by atoms with Crippen LogP contribution >= 0.6 is 23.1 Å². The number of hydrogen-bond acceptors (Lipinski definition) is 4. The van der Waals surface area contributed by atoms with Crippen molar-refractivity contribution in [3.05, 3.63) is 40.7 Å². The lowest BCUT2D eigenvalue weighted by atomic mass is 10.2. The largest absolute Gasteiger partial charge is 0.326 e. The molecule has 1 aromatic heterocycles. The van der Waals surface area contributed by atoms with Crippen LogP contribution in [0.5, 0.6) is 0 Å². The normalized spacial score (nSPS) is 10.7. The number of aromatic nitrogens is 1. The third-order valence-electron chi connectivity index (χ3n) is 2.06. The average molecular weight is 254 g/mol. The number of hydrogen-bond donors (Lipinski definition) is 1. The highest BCUT2D eigenvalue weighted by molar-refractivity contribution is 8.01. The van der Waals surface area contributed by atoms with Crippen LogP contribution in [0.15, 0.2) is 32.8 Å². The van der Waals surface area contributed by atoms with Crippen molar-refractivity contribution in [3.63, 3.8) is 0 Å². The summed E-state index contributed by atoms with van der Waals surface area (Å²) in [6.07, 6.45) is 0. The number of rotatable bonds is 3. The lowest BCUT2D eigenvalue weighted by Gasteiger charge is -2.06. The SMILES string of the molecule is Cc1csc(Sc2c(F)cccc2CN)n1. The summed E-state index contributed by atoms with van der Waals surface area (Å²) in [5.41, 5.74) is 7.36. The topological polar surface area (TPSA) is 38.9 Å². The Labute approximate surface area is 102 Å². The minimum Gasteiger partial charge on any atom is -0.326 e. The van der Waals surface area contributed by atoms with Gasteiger partial charge in [-0.1, -0.05) is 23.9 Å². The molecule has 0 aliphatic carbocycles. The van der Waals surface area contributed by atoms with Crippen molar-refractivity contribution >= 4 is 23.1 Å². The van der Waals surface area contributed by atoms with E-state index < -0.39 is 0 Å². The molecule has 1 heterocycles. The van der Waals surface area contributed by atoms with Crippen LogP contribution in [0.1, 0.15) is 11.3 Å². The monoisotopic (exact) mass is 254 g/mol. The minimum atomic E-state index is -0.235.